The lowest BCUT2D eigenvalue weighted by Gasteiger charge is -2.12. The lowest BCUT2D eigenvalue weighted by atomic mass is 10.0. The molecule has 168 valence electrons. The zero-order chi connectivity index (χ0) is 22.9. The summed E-state index contributed by atoms with van der Waals surface area (Å²) < 4.78 is 21.2. The van der Waals surface area contributed by atoms with Crippen LogP contribution in [0, 0.1) is 5.82 Å². The van der Waals surface area contributed by atoms with Gasteiger partial charge in [0.2, 0.25) is 0 Å². The molecule has 1 unspecified atom stereocenters. The average molecular weight is 436 g/mol. The maximum absolute atomic E-state index is 13.5. The van der Waals surface area contributed by atoms with Gasteiger partial charge in [-0.2, -0.15) is 5.10 Å². The summed E-state index contributed by atoms with van der Waals surface area (Å²) in [7, 11) is 1.50. The number of benzene rings is 2. The van der Waals surface area contributed by atoms with Crippen molar-refractivity contribution in [2.24, 2.45) is 10.8 Å². The van der Waals surface area contributed by atoms with E-state index in [1.54, 1.807) is 23.0 Å². The molecule has 0 amide bonds. The average Bonchev–Trinajstić information content (AvgIpc) is 3.49. The fourth-order valence-corrected chi connectivity index (χ4v) is 3.58. The first-order valence-electron chi connectivity index (χ1n) is 10.7. The summed E-state index contributed by atoms with van der Waals surface area (Å²) in [6.07, 6.45) is 6.90. The van der Waals surface area contributed by atoms with Crippen LogP contribution in [0.2, 0.25) is 0 Å². The van der Waals surface area contributed by atoms with Gasteiger partial charge in [-0.3, -0.25) is 0 Å². The molecular weight excluding hydrogens is 405 g/mol. The molecule has 0 aliphatic carbocycles. The van der Waals surface area contributed by atoms with Gasteiger partial charge >= 0.3 is 0 Å². The molecule has 2 atom stereocenters. The summed E-state index contributed by atoms with van der Waals surface area (Å²) >= 11 is 0. The number of aromatic nitrogens is 2. The summed E-state index contributed by atoms with van der Waals surface area (Å²) in [4.78, 5) is 4.48. The molecule has 2 aromatic carbocycles. The largest absolute Gasteiger partial charge is 0.489 e. The summed E-state index contributed by atoms with van der Waals surface area (Å²) in [5.74, 6) is 1.33. The van der Waals surface area contributed by atoms with Crippen LogP contribution >= 0.6 is 0 Å². The van der Waals surface area contributed by atoms with Gasteiger partial charge in [-0.25, -0.2) is 14.1 Å². The minimum atomic E-state index is -0.235. The number of nitrogens with zero attached hydrogens (tertiary/aromatic N) is 3. The van der Waals surface area contributed by atoms with E-state index >= 15 is 0 Å². The van der Waals surface area contributed by atoms with Gasteiger partial charge in [0.05, 0.1) is 11.9 Å². The standard InChI is InChI=1S/C24H25FN4O.CH5N/c1-17(19-4-3-5-20(25)14-19)6-11-24-28-16-23(29(24)26-2)18-7-9-21(10-8-18)30-22-12-13-27-15-22;1-2/h3-11,14,16-17,22,27H,2,12-13,15H2,1H3;2H2,1H3/b11-6-;/t17?,22-;/m1./s1. The van der Waals surface area contributed by atoms with Gasteiger partial charge in [-0.15, -0.1) is 0 Å². The molecule has 32 heavy (non-hydrogen) atoms. The number of allylic oxidation sites excluding steroid dienone is 1. The molecule has 1 aromatic heterocycles. The normalized spacial score (nSPS) is 16.4. The number of nitrogens with two attached hydrogens (primary N) is 1. The highest BCUT2D eigenvalue weighted by Gasteiger charge is 2.16. The second kappa shape index (κ2) is 11.4. The van der Waals surface area contributed by atoms with E-state index in [1.165, 1.54) is 13.1 Å². The molecule has 3 N–H and O–H groups in total. The topological polar surface area (TPSA) is 77.5 Å². The second-order valence-electron chi connectivity index (χ2n) is 7.41. The van der Waals surface area contributed by atoms with E-state index in [2.05, 4.69) is 27.9 Å². The minimum Gasteiger partial charge on any atom is -0.489 e. The van der Waals surface area contributed by atoms with Crippen molar-refractivity contribution < 1.29 is 9.13 Å². The molecule has 4 rings (SSSR count). The predicted octanol–water partition coefficient (Wildman–Crippen LogP) is 4.29. The Kier molecular flexibility index (Phi) is 8.30. The van der Waals surface area contributed by atoms with Crippen LogP contribution in [0.25, 0.3) is 17.3 Å². The molecule has 0 spiro atoms. The lowest BCUT2D eigenvalue weighted by molar-refractivity contribution is 0.223. The number of ether oxygens (including phenoxy) is 1. The number of rotatable bonds is 7. The number of hydrogen-bond donors (Lipinski definition) is 2. The van der Waals surface area contributed by atoms with Crippen LogP contribution in [0.1, 0.15) is 30.7 Å². The molecule has 6 nitrogen and oxygen atoms in total. The highest BCUT2D eigenvalue weighted by molar-refractivity contribution is 5.63. The zero-order valence-corrected chi connectivity index (χ0v) is 18.5. The smallest absolute Gasteiger partial charge is 0.153 e. The van der Waals surface area contributed by atoms with E-state index in [0.29, 0.717) is 5.82 Å². The number of halogens is 1. The van der Waals surface area contributed by atoms with Crippen LogP contribution in [0.4, 0.5) is 4.39 Å². The Morgan fingerprint density at radius 2 is 2.06 bits per heavy atom. The van der Waals surface area contributed by atoms with E-state index in [4.69, 9.17) is 4.74 Å². The van der Waals surface area contributed by atoms with Crippen molar-refractivity contribution in [2.75, 3.05) is 20.1 Å². The van der Waals surface area contributed by atoms with Gasteiger partial charge in [0, 0.05) is 18.8 Å². The van der Waals surface area contributed by atoms with Gasteiger partial charge < -0.3 is 15.8 Å². The molecule has 1 fully saturated rings. The zero-order valence-electron chi connectivity index (χ0n) is 18.5. The molecule has 0 radical (unpaired) electrons. The van der Waals surface area contributed by atoms with Crippen LogP contribution in [0.15, 0.2) is 65.9 Å². The first-order valence-corrected chi connectivity index (χ1v) is 10.7. The van der Waals surface area contributed by atoms with E-state index < -0.39 is 0 Å². The van der Waals surface area contributed by atoms with Crippen molar-refractivity contribution in [1.82, 2.24) is 15.0 Å². The molecule has 7 heteroatoms. The van der Waals surface area contributed by atoms with Gasteiger partial charge in [-0.05, 0) is 74.0 Å². The fourth-order valence-electron chi connectivity index (χ4n) is 3.58. The summed E-state index contributed by atoms with van der Waals surface area (Å²) in [6.45, 7) is 7.59. The molecule has 1 aliphatic heterocycles. The van der Waals surface area contributed by atoms with Crippen LogP contribution in [0.5, 0.6) is 5.75 Å². The fraction of sp³-hybridized carbons (Fsp3) is 0.280. The quantitative estimate of drug-likeness (QED) is 0.543. The van der Waals surface area contributed by atoms with Crippen LogP contribution in [0.3, 0.4) is 0 Å². The Morgan fingerprint density at radius 1 is 1.28 bits per heavy atom. The number of hydrogen-bond acceptors (Lipinski definition) is 5. The second-order valence-corrected chi connectivity index (χ2v) is 7.41. The Labute approximate surface area is 188 Å². The van der Waals surface area contributed by atoms with Crippen molar-refractivity contribution >= 4 is 12.8 Å². The number of imidazole rings is 1. The van der Waals surface area contributed by atoms with Gasteiger partial charge in [0.1, 0.15) is 17.7 Å². The molecular formula is C25H30FN5O. The Balaban J connectivity index is 0.00000141. The van der Waals surface area contributed by atoms with Crippen molar-refractivity contribution in [2.45, 2.75) is 25.4 Å². The van der Waals surface area contributed by atoms with Gasteiger partial charge in [-0.1, -0.05) is 25.1 Å². The van der Waals surface area contributed by atoms with Crippen molar-refractivity contribution in [1.29, 1.82) is 0 Å². The maximum atomic E-state index is 13.5. The summed E-state index contributed by atoms with van der Waals surface area (Å²) in [6, 6.07) is 14.6. The molecule has 1 aliphatic rings. The Bertz CT molecular complexity index is 1040. The van der Waals surface area contributed by atoms with E-state index in [0.717, 1.165) is 42.1 Å². The molecule has 1 saturated heterocycles. The number of nitrogens with one attached hydrogen (secondary N) is 1. The van der Waals surface area contributed by atoms with Gasteiger partial charge in [0.25, 0.3) is 0 Å². The molecule has 0 saturated carbocycles. The first kappa shape index (κ1) is 23.4. The van der Waals surface area contributed by atoms with E-state index in [-0.39, 0.29) is 17.8 Å². The predicted molar refractivity (Wildman–Crippen MR) is 128 cm³/mol. The first-order chi connectivity index (χ1) is 15.6. The van der Waals surface area contributed by atoms with Crippen molar-refractivity contribution in [3.8, 4) is 17.0 Å². The maximum Gasteiger partial charge on any atom is 0.153 e. The summed E-state index contributed by atoms with van der Waals surface area (Å²) in [5, 5.41) is 7.43. The third-order valence-electron chi connectivity index (χ3n) is 5.28. The third kappa shape index (κ3) is 5.69. The van der Waals surface area contributed by atoms with E-state index in [1.807, 2.05) is 49.4 Å². The molecule has 3 aromatic rings. The summed E-state index contributed by atoms with van der Waals surface area (Å²) in [5.41, 5.74) is 7.23. The highest BCUT2D eigenvalue weighted by Crippen LogP contribution is 2.26. The van der Waals surface area contributed by atoms with Gasteiger partial charge in [0.15, 0.2) is 5.82 Å². The Hall–Kier alpha value is -3.29. The van der Waals surface area contributed by atoms with Crippen molar-refractivity contribution in [3.63, 3.8) is 0 Å². The minimum absolute atomic E-state index is 0.0422. The lowest BCUT2D eigenvalue weighted by Crippen LogP contribution is -2.19. The molecule has 2 heterocycles. The van der Waals surface area contributed by atoms with Crippen LogP contribution in [-0.4, -0.2) is 42.6 Å². The SMILES string of the molecule is C=Nn1c(-c2ccc(O[C@@H]3CCNC3)cc2)cnc1/C=C\C(C)c1cccc(F)c1.CN. The van der Waals surface area contributed by atoms with Crippen LogP contribution < -0.4 is 15.8 Å². The van der Waals surface area contributed by atoms with Crippen LogP contribution in [-0.2, 0) is 0 Å². The van der Waals surface area contributed by atoms with Crippen molar-refractivity contribution in [3.05, 3.63) is 78.0 Å². The Morgan fingerprint density at radius 3 is 2.72 bits per heavy atom. The highest BCUT2D eigenvalue weighted by atomic mass is 19.1. The van der Waals surface area contributed by atoms with E-state index in [9.17, 15) is 4.39 Å². The third-order valence-corrected chi connectivity index (χ3v) is 5.28. The monoisotopic (exact) mass is 435 g/mol. The molecule has 0 bridgehead atoms.